The molecule has 0 aromatic heterocycles. The van der Waals surface area contributed by atoms with Gasteiger partial charge in [-0.3, -0.25) is 4.90 Å². The van der Waals surface area contributed by atoms with E-state index in [1.807, 2.05) is 0 Å². The van der Waals surface area contributed by atoms with Crippen molar-refractivity contribution in [1.29, 1.82) is 0 Å². The second kappa shape index (κ2) is 7.29. The van der Waals surface area contributed by atoms with Crippen LogP contribution in [0.3, 0.4) is 0 Å². The molecular formula is C14H30N2. The monoisotopic (exact) mass is 226 g/mol. The molecule has 0 bridgehead atoms. The molecule has 0 radical (unpaired) electrons. The number of hydrogen-bond donors (Lipinski definition) is 1. The highest BCUT2D eigenvalue weighted by Crippen LogP contribution is 2.25. The lowest BCUT2D eigenvalue weighted by Crippen LogP contribution is -2.41. The normalized spacial score (nSPS) is 26.8. The third-order valence-corrected chi connectivity index (χ3v) is 4.21. The molecule has 0 aromatic carbocycles. The van der Waals surface area contributed by atoms with Crippen molar-refractivity contribution in [3.63, 3.8) is 0 Å². The molecule has 2 unspecified atom stereocenters. The number of nitrogens with zero attached hydrogens (tertiary/aromatic N) is 1. The Hall–Kier alpha value is -0.0800. The van der Waals surface area contributed by atoms with Gasteiger partial charge in [-0.1, -0.05) is 20.8 Å². The fourth-order valence-electron chi connectivity index (χ4n) is 2.94. The van der Waals surface area contributed by atoms with Crippen LogP contribution in [0, 0.1) is 0 Å². The maximum atomic E-state index is 3.67. The molecule has 1 aliphatic heterocycles. The Morgan fingerprint density at radius 3 is 2.44 bits per heavy atom. The topological polar surface area (TPSA) is 15.3 Å². The van der Waals surface area contributed by atoms with Gasteiger partial charge in [0.15, 0.2) is 0 Å². The number of nitrogens with one attached hydrogen (secondary N) is 1. The third kappa shape index (κ3) is 3.74. The maximum absolute atomic E-state index is 3.67. The van der Waals surface area contributed by atoms with Gasteiger partial charge in [0.05, 0.1) is 0 Å². The van der Waals surface area contributed by atoms with Gasteiger partial charge in [-0.25, -0.2) is 0 Å². The molecular weight excluding hydrogens is 196 g/mol. The Morgan fingerprint density at radius 2 is 1.88 bits per heavy atom. The molecule has 2 heteroatoms. The fourth-order valence-corrected chi connectivity index (χ4v) is 2.94. The van der Waals surface area contributed by atoms with Crippen LogP contribution in [0.2, 0.25) is 0 Å². The Labute approximate surface area is 102 Å². The quantitative estimate of drug-likeness (QED) is 0.718. The molecule has 1 aliphatic rings. The lowest BCUT2D eigenvalue weighted by Gasteiger charge is -2.28. The second-order valence-electron chi connectivity index (χ2n) is 5.19. The molecule has 1 N–H and O–H groups in total. The number of hydrogen-bond acceptors (Lipinski definition) is 2. The molecule has 2 atom stereocenters. The molecule has 2 nitrogen and oxygen atoms in total. The number of rotatable bonds is 7. The summed E-state index contributed by atoms with van der Waals surface area (Å²) in [7, 11) is 0. The summed E-state index contributed by atoms with van der Waals surface area (Å²) in [6.45, 7) is 11.6. The van der Waals surface area contributed by atoms with Gasteiger partial charge in [-0.2, -0.15) is 0 Å². The summed E-state index contributed by atoms with van der Waals surface area (Å²) in [5, 5.41) is 3.67. The van der Waals surface area contributed by atoms with E-state index < -0.39 is 0 Å². The summed E-state index contributed by atoms with van der Waals surface area (Å²) in [4.78, 5) is 2.70. The summed E-state index contributed by atoms with van der Waals surface area (Å²) < 4.78 is 0. The highest BCUT2D eigenvalue weighted by Gasteiger charge is 2.28. The van der Waals surface area contributed by atoms with Crippen molar-refractivity contribution in [3.8, 4) is 0 Å². The van der Waals surface area contributed by atoms with Crippen LogP contribution in [0.25, 0.3) is 0 Å². The smallest absolute Gasteiger partial charge is 0.0113 e. The van der Waals surface area contributed by atoms with Crippen LogP contribution in [-0.2, 0) is 0 Å². The molecule has 1 rings (SSSR count). The van der Waals surface area contributed by atoms with Gasteiger partial charge in [0.1, 0.15) is 0 Å². The van der Waals surface area contributed by atoms with Crippen LogP contribution in [0.15, 0.2) is 0 Å². The second-order valence-corrected chi connectivity index (χ2v) is 5.19. The van der Waals surface area contributed by atoms with E-state index in [0.717, 1.165) is 24.7 Å². The van der Waals surface area contributed by atoms with E-state index in [-0.39, 0.29) is 0 Å². The first-order valence-corrected chi connectivity index (χ1v) is 7.21. The predicted octanol–water partition coefficient (Wildman–Crippen LogP) is 3.03. The maximum Gasteiger partial charge on any atom is 0.0113 e. The van der Waals surface area contributed by atoms with Crippen molar-refractivity contribution in [2.45, 2.75) is 77.9 Å². The van der Waals surface area contributed by atoms with Crippen LogP contribution in [-0.4, -0.2) is 36.1 Å². The van der Waals surface area contributed by atoms with Crippen LogP contribution in [0.1, 0.15) is 59.8 Å². The molecule has 0 saturated carbocycles. The Bertz CT molecular complexity index is 178. The predicted molar refractivity (Wildman–Crippen MR) is 71.9 cm³/mol. The average Bonchev–Trinajstić information content (AvgIpc) is 2.66. The minimum absolute atomic E-state index is 0.720. The first kappa shape index (κ1) is 14.0. The molecule has 0 aliphatic carbocycles. The van der Waals surface area contributed by atoms with E-state index >= 15 is 0 Å². The molecule has 1 heterocycles. The van der Waals surface area contributed by atoms with E-state index in [9.17, 15) is 0 Å². The molecule has 1 fully saturated rings. The molecule has 1 saturated heterocycles. The van der Waals surface area contributed by atoms with E-state index in [1.165, 1.54) is 38.6 Å². The average molecular weight is 226 g/mol. The van der Waals surface area contributed by atoms with Gasteiger partial charge < -0.3 is 5.32 Å². The van der Waals surface area contributed by atoms with Crippen molar-refractivity contribution >= 4 is 0 Å². The summed E-state index contributed by atoms with van der Waals surface area (Å²) in [5.74, 6) is 0. The Morgan fingerprint density at radius 1 is 1.19 bits per heavy atom. The van der Waals surface area contributed by atoms with Crippen molar-refractivity contribution < 1.29 is 0 Å². The minimum Gasteiger partial charge on any atom is -0.313 e. The van der Waals surface area contributed by atoms with Gasteiger partial charge in [0, 0.05) is 31.2 Å². The van der Waals surface area contributed by atoms with Crippen molar-refractivity contribution in [1.82, 2.24) is 10.2 Å². The fraction of sp³-hybridized carbons (Fsp3) is 1.00. The zero-order valence-electron chi connectivity index (χ0n) is 11.6. The summed E-state index contributed by atoms with van der Waals surface area (Å²) in [6, 6.07) is 2.37. The summed E-state index contributed by atoms with van der Waals surface area (Å²) in [6.07, 6.45) is 6.62. The SMILES string of the molecule is CCC(CC)NCCN1C(C)CCC1CC. The molecule has 16 heavy (non-hydrogen) atoms. The highest BCUT2D eigenvalue weighted by molar-refractivity contribution is 4.84. The third-order valence-electron chi connectivity index (χ3n) is 4.21. The van der Waals surface area contributed by atoms with E-state index in [0.29, 0.717) is 0 Å². The zero-order valence-corrected chi connectivity index (χ0v) is 11.6. The molecule has 96 valence electrons. The minimum atomic E-state index is 0.720. The lowest BCUT2D eigenvalue weighted by atomic mass is 10.1. The van der Waals surface area contributed by atoms with Crippen LogP contribution >= 0.6 is 0 Å². The van der Waals surface area contributed by atoms with Gasteiger partial charge in [0.25, 0.3) is 0 Å². The summed E-state index contributed by atoms with van der Waals surface area (Å²) >= 11 is 0. The van der Waals surface area contributed by atoms with Gasteiger partial charge in [-0.15, -0.1) is 0 Å². The van der Waals surface area contributed by atoms with Crippen LogP contribution in [0.4, 0.5) is 0 Å². The van der Waals surface area contributed by atoms with E-state index in [1.54, 1.807) is 0 Å². The van der Waals surface area contributed by atoms with Crippen molar-refractivity contribution in [2.24, 2.45) is 0 Å². The zero-order chi connectivity index (χ0) is 12.0. The van der Waals surface area contributed by atoms with Gasteiger partial charge in [0.2, 0.25) is 0 Å². The molecule has 0 amide bonds. The molecule has 0 spiro atoms. The van der Waals surface area contributed by atoms with Gasteiger partial charge >= 0.3 is 0 Å². The lowest BCUT2D eigenvalue weighted by molar-refractivity contribution is 0.196. The highest BCUT2D eigenvalue weighted by atomic mass is 15.2. The van der Waals surface area contributed by atoms with Crippen molar-refractivity contribution in [3.05, 3.63) is 0 Å². The van der Waals surface area contributed by atoms with Crippen molar-refractivity contribution in [2.75, 3.05) is 13.1 Å². The standard InChI is InChI=1S/C14H30N2/c1-5-13(6-2)15-10-11-16-12(4)8-9-14(16)7-3/h12-15H,5-11H2,1-4H3. The Kier molecular flexibility index (Phi) is 6.37. The number of likely N-dealkylation sites (tertiary alicyclic amines) is 1. The van der Waals surface area contributed by atoms with Crippen LogP contribution < -0.4 is 5.32 Å². The first-order valence-electron chi connectivity index (χ1n) is 7.21. The first-order chi connectivity index (χ1) is 7.72. The Balaban J connectivity index is 2.25. The largest absolute Gasteiger partial charge is 0.313 e. The van der Waals surface area contributed by atoms with E-state index in [2.05, 4.69) is 37.9 Å². The molecule has 0 aromatic rings. The van der Waals surface area contributed by atoms with Gasteiger partial charge in [-0.05, 0) is 39.0 Å². The van der Waals surface area contributed by atoms with E-state index in [4.69, 9.17) is 0 Å². The summed E-state index contributed by atoms with van der Waals surface area (Å²) in [5.41, 5.74) is 0. The van der Waals surface area contributed by atoms with Crippen LogP contribution in [0.5, 0.6) is 0 Å².